The molecule has 103 heavy (non-hydrogen) atoms. The molecule has 6 fully saturated rings. The van der Waals surface area contributed by atoms with Crippen molar-refractivity contribution in [3.05, 3.63) is 46.5 Å². The Kier molecular flexibility index (Phi) is 30.3. The van der Waals surface area contributed by atoms with Gasteiger partial charge in [0.15, 0.2) is 25.2 Å². The number of thioether (sulfide) groups is 4. The minimum Gasteiger partial charge on any atom is -0.390 e. The highest BCUT2D eigenvalue weighted by atomic mass is 32.2. The summed E-state index contributed by atoms with van der Waals surface area (Å²) >= 11 is 5.55. The van der Waals surface area contributed by atoms with E-state index in [0.29, 0.717) is 55.2 Å². The fourth-order valence-corrected chi connectivity index (χ4v) is 17.6. The largest absolute Gasteiger partial charge is 0.390 e. The van der Waals surface area contributed by atoms with Gasteiger partial charge in [-0.3, -0.25) is 29.0 Å². The summed E-state index contributed by atoms with van der Waals surface area (Å²) in [5.41, 5.74) is 62.4. The maximum absolute atomic E-state index is 14.0. The molecule has 4 amide bonds. The zero-order chi connectivity index (χ0) is 74.2. The van der Waals surface area contributed by atoms with E-state index in [2.05, 4.69) is 0 Å². The first-order chi connectivity index (χ1) is 49.2. The highest BCUT2D eigenvalue weighted by Crippen LogP contribution is 2.40. The average Bonchev–Trinajstić information content (AvgIpc) is 0.712. The van der Waals surface area contributed by atoms with Crippen molar-refractivity contribution < 1.29 is 113 Å². The topological polar surface area (TPSA) is 609 Å². The molecule has 0 spiro atoms. The zero-order valence-corrected chi connectivity index (χ0v) is 60.2. The molecule has 582 valence electrons. The Balaban J connectivity index is 0.593. The Morgan fingerprint density at radius 2 is 0.777 bits per heavy atom. The van der Waals surface area contributed by atoms with Crippen LogP contribution in [-0.2, 0) is 47.4 Å². The minimum atomic E-state index is -1.50. The third kappa shape index (κ3) is 19.5. The van der Waals surface area contributed by atoms with Gasteiger partial charge in [-0.15, -0.1) is 0 Å². The molecular weight excluding hydrogens is 1430 g/mol. The van der Waals surface area contributed by atoms with E-state index in [1.165, 1.54) is 71.3 Å². The number of aliphatic hydroxyl groups excluding tert-OH is 9. The van der Waals surface area contributed by atoms with Gasteiger partial charge >= 0.3 is 0 Å². The summed E-state index contributed by atoms with van der Waals surface area (Å²) in [5.74, 6) is 0.0184. The first-order valence-corrected chi connectivity index (χ1v) is 39.4. The number of carbonyl (C=O) groups is 4. The molecule has 6 aliphatic heterocycles. The number of hydrogen-bond donors (Lipinski definition) is 19. The Labute approximate surface area is 612 Å². The van der Waals surface area contributed by atoms with Gasteiger partial charge in [0.1, 0.15) is 42.7 Å². The number of carbonyl (C=O) groups excluding carboxylic acids is 4. The minimum absolute atomic E-state index is 0.00693. The molecule has 29 unspecified atom stereocenters. The molecule has 10 rings (SSSR count). The summed E-state index contributed by atoms with van der Waals surface area (Å²) in [6.45, 7) is 0.653. The summed E-state index contributed by atoms with van der Waals surface area (Å²) in [7, 11) is 0. The third-order valence-corrected chi connectivity index (χ3v) is 24.1. The van der Waals surface area contributed by atoms with Crippen LogP contribution in [0.25, 0.3) is 10.8 Å². The maximum Gasteiger partial charge on any atom is 0.261 e. The molecule has 8 aliphatic rings. The van der Waals surface area contributed by atoms with Crippen molar-refractivity contribution in [2.45, 2.75) is 209 Å². The first-order valence-electron chi connectivity index (χ1n) is 34.8. The fourth-order valence-electron chi connectivity index (χ4n) is 14.2. The van der Waals surface area contributed by atoms with Crippen molar-refractivity contribution in [3.8, 4) is 0 Å². The quantitative estimate of drug-likeness (QED) is 0.0229. The van der Waals surface area contributed by atoms with Crippen LogP contribution in [0.1, 0.15) is 73.5 Å². The van der Waals surface area contributed by atoms with E-state index >= 15 is 0 Å². The van der Waals surface area contributed by atoms with Crippen LogP contribution in [0, 0.1) is 0 Å². The lowest BCUT2D eigenvalue weighted by molar-refractivity contribution is -0.309. The molecule has 6 heterocycles. The number of amides is 4. The number of aliphatic hydroxyl groups is 9. The number of nitrogens with two attached hydrogens (primary N) is 10. The molecule has 2 saturated carbocycles. The van der Waals surface area contributed by atoms with Gasteiger partial charge in [0.05, 0.1) is 119 Å². The van der Waals surface area contributed by atoms with Crippen LogP contribution >= 0.6 is 47.0 Å². The molecule has 29 atom stereocenters. The molecule has 0 aromatic heterocycles. The summed E-state index contributed by atoms with van der Waals surface area (Å²) < 4.78 is 59.8. The van der Waals surface area contributed by atoms with Gasteiger partial charge in [0, 0.05) is 129 Å². The number of benzene rings is 2. The monoisotopic (exact) mass is 1540 g/mol. The zero-order valence-electron chi connectivity index (χ0n) is 56.9. The second-order valence-corrected chi connectivity index (χ2v) is 32.0. The van der Waals surface area contributed by atoms with Crippen molar-refractivity contribution >= 4 is 81.4 Å². The predicted molar refractivity (Wildman–Crippen MR) is 379 cm³/mol. The molecule has 4 saturated heterocycles. The van der Waals surface area contributed by atoms with Gasteiger partial charge in [-0.1, -0.05) is 0 Å². The van der Waals surface area contributed by atoms with Gasteiger partial charge in [-0.2, -0.15) is 47.0 Å². The Hall–Kier alpha value is -2.78. The molecule has 35 nitrogen and oxygen atoms in total. The Bertz CT molecular complexity index is 3080. The van der Waals surface area contributed by atoms with E-state index in [9.17, 15) is 65.1 Å². The van der Waals surface area contributed by atoms with Crippen LogP contribution in [0.3, 0.4) is 0 Å². The van der Waals surface area contributed by atoms with E-state index in [1.807, 2.05) is 0 Å². The summed E-state index contributed by atoms with van der Waals surface area (Å²) in [4.78, 5) is 57.9. The number of hydrogen-bond acceptors (Lipinski definition) is 37. The van der Waals surface area contributed by atoms with Crippen LogP contribution in [0.4, 0.5) is 0 Å². The van der Waals surface area contributed by atoms with Crippen LogP contribution in [0.15, 0.2) is 24.3 Å². The van der Waals surface area contributed by atoms with E-state index < -0.39 is 201 Å². The lowest BCUT2D eigenvalue weighted by Gasteiger charge is -2.48. The molecule has 0 bridgehead atoms. The second kappa shape index (κ2) is 37.8. The van der Waals surface area contributed by atoms with Crippen LogP contribution in [0.2, 0.25) is 0 Å². The lowest BCUT2D eigenvalue weighted by Crippen LogP contribution is -2.68. The molecular formula is C64H104N12O23S4. The second-order valence-electron chi connectivity index (χ2n) is 27.4. The highest BCUT2D eigenvalue weighted by Gasteiger charge is 2.53. The van der Waals surface area contributed by atoms with E-state index in [-0.39, 0.29) is 109 Å². The van der Waals surface area contributed by atoms with Gasteiger partial charge in [0.25, 0.3) is 23.6 Å². The van der Waals surface area contributed by atoms with Crippen LogP contribution in [-0.4, -0.2) is 355 Å². The smallest absolute Gasteiger partial charge is 0.261 e. The van der Waals surface area contributed by atoms with Crippen LogP contribution in [0.5, 0.6) is 0 Å². The summed E-state index contributed by atoms with van der Waals surface area (Å²) in [6.07, 6.45) is -21.3. The first kappa shape index (κ1) is 82.7. The Morgan fingerprint density at radius 3 is 1.17 bits per heavy atom. The number of rotatable bonds is 34. The number of imide groups is 2. The van der Waals surface area contributed by atoms with Crippen molar-refractivity contribution in [1.82, 2.24) is 9.80 Å². The fraction of sp³-hybridized carbons (Fsp3) is 0.781. The molecule has 39 heteroatoms. The van der Waals surface area contributed by atoms with Gasteiger partial charge < -0.3 is 151 Å². The predicted octanol–water partition coefficient (Wildman–Crippen LogP) is -7.80. The van der Waals surface area contributed by atoms with Gasteiger partial charge in [-0.25, -0.2) is 0 Å². The van der Waals surface area contributed by atoms with Crippen molar-refractivity contribution in [2.75, 3.05) is 98.6 Å². The summed E-state index contributed by atoms with van der Waals surface area (Å²) in [5, 5.41) is 98.8. The number of β-amino-alcohol motifs (C(OH)–C–C–N with tert-alkyl or cyclic N) is 2. The molecule has 2 aromatic rings. The molecule has 2 aromatic carbocycles. The molecule has 29 N–H and O–H groups in total. The standard InChI is InChI=1S/C64H104N12O23S4/c65-18-41-39(79)15-37(72)62(93-41)97-55-34(69)13-33(68)54(52(55)84)96-45-17-32(67)49(81)43(92-45)24-102-11-7-90-5-9-100-22-26(77)20-75-58(86)28-1-3-30-47-31(4-2-29(46(28)47)59(75)87)61(89)76(60(30)88)21-27(78)23-101-10-6-91-8-12-103-25-44-50(82)48(74)51(83)64(95-44)99-57-36(71)14-35(70)56(53(57)85)98-63-38(73)16-40(80)42(19-66)94-63/h1-4,26-27,32-45,48-57,62-64,77-85H,5-25,65-74H2. The third-order valence-electron chi connectivity index (χ3n) is 19.9. The Morgan fingerprint density at radius 1 is 0.417 bits per heavy atom. The molecule has 2 aliphatic carbocycles. The van der Waals surface area contributed by atoms with E-state index in [0.717, 1.165) is 9.80 Å². The summed E-state index contributed by atoms with van der Waals surface area (Å²) in [6, 6.07) is -0.608. The van der Waals surface area contributed by atoms with Crippen molar-refractivity contribution in [3.63, 3.8) is 0 Å². The number of ether oxygens (including phenoxy) is 10. The average molecular weight is 1540 g/mol. The highest BCUT2D eigenvalue weighted by molar-refractivity contribution is 8.00. The van der Waals surface area contributed by atoms with Gasteiger partial charge in [-0.05, 0) is 49.9 Å². The van der Waals surface area contributed by atoms with E-state index in [4.69, 9.17) is 105 Å². The normalized spacial score (nSPS) is 38.6. The lowest BCUT2D eigenvalue weighted by atomic mass is 9.84. The van der Waals surface area contributed by atoms with E-state index in [1.54, 1.807) is 0 Å². The molecule has 0 radical (unpaired) electrons. The SMILES string of the molecule is NCC1OC(OC2C(N)CC(N)C(OC3CC(N)C(O)C(CSCCOCCSCC(O)CN4C(=O)c5ccc6c7c(ccc(c57)C4=O)C(=O)N(CC(O)CSCCOCCSCC4OC(OC5C(N)CC(N)C(OC7OC(CN)C(O)CC7N)C5O)C(O)C(N)C4O)C6=O)O3)C2O)C(N)CC1O. The van der Waals surface area contributed by atoms with Gasteiger partial charge in [0.2, 0.25) is 0 Å². The maximum atomic E-state index is 14.0. The van der Waals surface area contributed by atoms with Crippen molar-refractivity contribution in [1.29, 1.82) is 0 Å². The number of nitrogens with zero attached hydrogens (tertiary/aromatic N) is 2. The van der Waals surface area contributed by atoms with Crippen molar-refractivity contribution in [2.24, 2.45) is 57.3 Å². The van der Waals surface area contributed by atoms with Crippen LogP contribution < -0.4 is 57.3 Å².